The molecule has 0 amide bonds. The Kier molecular flexibility index (Phi) is 5.48. The molecular formula is C20H33N. The minimum atomic E-state index is 0.436. The third-order valence-corrected chi connectivity index (χ3v) is 5.34. The van der Waals surface area contributed by atoms with Gasteiger partial charge in [-0.05, 0) is 68.0 Å². The van der Waals surface area contributed by atoms with Gasteiger partial charge in [-0.2, -0.15) is 0 Å². The van der Waals surface area contributed by atoms with Crippen LogP contribution >= 0.6 is 0 Å². The molecule has 1 aliphatic rings. The lowest BCUT2D eigenvalue weighted by Gasteiger charge is -2.42. The first-order valence-corrected chi connectivity index (χ1v) is 8.69. The van der Waals surface area contributed by atoms with E-state index in [1.165, 1.54) is 31.4 Å². The van der Waals surface area contributed by atoms with Crippen LogP contribution in [-0.2, 0) is 0 Å². The van der Waals surface area contributed by atoms with Crippen LogP contribution in [0.25, 0.3) is 0 Å². The fraction of sp³-hybridized carbons (Fsp3) is 0.700. The first kappa shape index (κ1) is 16.5. The van der Waals surface area contributed by atoms with E-state index in [2.05, 4.69) is 64.2 Å². The number of hydrogen-bond acceptors (Lipinski definition) is 1. The zero-order valence-corrected chi connectivity index (χ0v) is 14.6. The Bertz CT molecular complexity index is 443. The molecule has 0 saturated heterocycles. The highest BCUT2D eigenvalue weighted by atomic mass is 14.8. The minimum Gasteiger partial charge on any atom is -0.317 e. The van der Waals surface area contributed by atoms with Crippen LogP contribution < -0.4 is 5.32 Å². The fourth-order valence-corrected chi connectivity index (χ4v) is 3.90. The summed E-state index contributed by atoms with van der Waals surface area (Å²) < 4.78 is 0. The van der Waals surface area contributed by atoms with E-state index < -0.39 is 0 Å². The molecule has 21 heavy (non-hydrogen) atoms. The smallest absolute Gasteiger partial charge is 0.00148 e. The third-order valence-electron chi connectivity index (χ3n) is 5.34. The largest absolute Gasteiger partial charge is 0.317 e. The average molecular weight is 287 g/mol. The molecule has 1 saturated carbocycles. The van der Waals surface area contributed by atoms with E-state index in [1.54, 1.807) is 5.56 Å². The molecule has 1 heteroatoms. The predicted molar refractivity (Wildman–Crippen MR) is 92.7 cm³/mol. The van der Waals surface area contributed by atoms with Crippen molar-refractivity contribution in [2.45, 2.75) is 59.8 Å². The maximum atomic E-state index is 3.59. The summed E-state index contributed by atoms with van der Waals surface area (Å²) in [5.41, 5.74) is 3.39. The Labute approximate surface area is 131 Å². The van der Waals surface area contributed by atoms with Crippen molar-refractivity contribution in [3.05, 3.63) is 35.4 Å². The first-order valence-electron chi connectivity index (χ1n) is 8.69. The van der Waals surface area contributed by atoms with Crippen LogP contribution in [0.2, 0.25) is 0 Å². The predicted octanol–water partition coefficient (Wildman–Crippen LogP) is 5.15. The number of nitrogens with one attached hydrogen (secondary N) is 1. The van der Waals surface area contributed by atoms with Gasteiger partial charge >= 0.3 is 0 Å². The molecule has 0 bridgehead atoms. The molecule has 1 aromatic rings. The van der Waals surface area contributed by atoms with Crippen LogP contribution in [0, 0.1) is 24.2 Å². The average Bonchev–Trinajstić information content (AvgIpc) is 2.44. The monoisotopic (exact) mass is 287 g/mol. The maximum Gasteiger partial charge on any atom is -0.00148 e. The van der Waals surface area contributed by atoms with Crippen LogP contribution in [0.5, 0.6) is 0 Å². The lowest BCUT2D eigenvalue weighted by Crippen LogP contribution is -2.35. The topological polar surface area (TPSA) is 12.0 Å². The minimum absolute atomic E-state index is 0.436. The standard InChI is InChI=1S/C20H33N/c1-6-21-14-17-10-11-18(20(3,4)5)13-19(17)16-9-7-8-15(2)12-16/h7-9,12,17-19,21H,6,10-11,13-14H2,1-5H3. The van der Waals surface area contributed by atoms with Crippen molar-refractivity contribution in [3.63, 3.8) is 0 Å². The molecule has 3 atom stereocenters. The van der Waals surface area contributed by atoms with E-state index in [0.29, 0.717) is 5.41 Å². The van der Waals surface area contributed by atoms with Crippen molar-refractivity contribution in [2.75, 3.05) is 13.1 Å². The van der Waals surface area contributed by atoms with Crippen molar-refractivity contribution < 1.29 is 0 Å². The molecule has 2 rings (SSSR count). The summed E-state index contributed by atoms with van der Waals surface area (Å²) in [5, 5.41) is 3.59. The SMILES string of the molecule is CCNCC1CCC(C(C)(C)C)CC1c1cccc(C)c1. The molecule has 1 aromatic carbocycles. The summed E-state index contributed by atoms with van der Waals surface area (Å²) in [6, 6.07) is 9.21. The van der Waals surface area contributed by atoms with Crippen molar-refractivity contribution in [1.29, 1.82) is 0 Å². The molecule has 3 unspecified atom stereocenters. The van der Waals surface area contributed by atoms with Gasteiger partial charge in [0.25, 0.3) is 0 Å². The Hall–Kier alpha value is -0.820. The van der Waals surface area contributed by atoms with Gasteiger partial charge in [0.15, 0.2) is 0 Å². The van der Waals surface area contributed by atoms with Crippen LogP contribution in [0.1, 0.15) is 64.0 Å². The second-order valence-corrected chi connectivity index (χ2v) is 7.96. The summed E-state index contributed by atoms with van der Waals surface area (Å²) in [6.45, 7) is 13.9. The van der Waals surface area contributed by atoms with Crippen LogP contribution in [0.3, 0.4) is 0 Å². The summed E-state index contributed by atoms with van der Waals surface area (Å²) >= 11 is 0. The fourth-order valence-electron chi connectivity index (χ4n) is 3.90. The van der Waals surface area contributed by atoms with Gasteiger partial charge in [-0.3, -0.25) is 0 Å². The quantitative estimate of drug-likeness (QED) is 0.807. The Balaban J connectivity index is 2.20. The van der Waals surface area contributed by atoms with Crippen molar-refractivity contribution in [1.82, 2.24) is 5.32 Å². The van der Waals surface area contributed by atoms with Crippen LogP contribution in [-0.4, -0.2) is 13.1 Å². The summed E-state index contributed by atoms with van der Waals surface area (Å²) in [5.74, 6) is 2.37. The van der Waals surface area contributed by atoms with Crippen molar-refractivity contribution >= 4 is 0 Å². The first-order chi connectivity index (χ1) is 9.91. The van der Waals surface area contributed by atoms with E-state index in [-0.39, 0.29) is 0 Å². The number of benzene rings is 1. The van der Waals surface area contributed by atoms with Crippen LogP contribution in [0.4, 0.5) is 0 Å². The maximum absolute atomic E-state index is 3.59. The summed E-state index contributed by atoms with van der Waals surface area (Å²) in [6.07, 6.45) is 4.11. The molecule has 1 N–H and O–H groups in total. The lowest BCUT2D eigenvalue weighted by atomic mass is 9.64. The van der Waals surface area contributed by atoms with Gasteiger partial charge in [0.1, 0.15) is 0 Å². The molecule has 1 fully saturated rings. The zero-order valence-electron chi connectivity index (χ0n) is 14.6. The Morgan fingerprint density at radius 1 is 1.19 bits per heavy atom. The van der Waals surface area contributed by atoms with Gasteiger partial charge in [-0.15, -0.1) is 0 Å². The van der Waals surface area contributed by atoms with Crippen LogP contribution in [0.15, 0.2) is 24.3 Å². The van der Waals surface area contributed by atoms with E-state index in [4.69, 9.17) is 0 Å². The molecule has 1 nitrogen and oxygen atoms in total. The molecule has 0 aromatic heterocycles. The highest BCUT2D eigenvalue weighted by molar-refractivity contribution is 5.27. The number of hydrogen-bond donors (Lipinski definition) is 1. The molecule has 0 aliphatic heterocycles. The van der Waals surface area contributed by atoms with Gasteiger partial charge in [-0.25, -0.2) is 0 Å². The molecule has 1 aliphatic carbocycles. The van der Waals surface area contributed by atoms with E-state index >= 15 is 0 Å². The van der Waals surface area contributed by atoms with E-state index in [9.17, 15) is 0 Å². The summed E-state index contributed by atoms with van der Waals surface area (Å²) in [4.78, 5) is 0. The van der Waals surface area contributed by atoms with Crippen molar-refractivity contribution in [2.24, 2.45) is 17.3 Å². The van der Waals surface area contributed by atoms with Gasteiger partial charge < -0.3 is 5.32 Å². The Morgan fingerprint density at radius 3 is 2.57 bits per heavy atom. The molecule has 0 spiro atoms. The summed E-state index contributed by atoms with van der Waals surface area (Å²) in [7, 11) is 0. The third kappa shape index (κ3) is 4.32. The van der Waals surface area contributed by atoms with Gasteiger partial charge in [0.05, 0.1) is 0 Å². The van der Waals surface area contributed by atoms with Crippen molar-refractivity contribution in [3.8, 4) is 0 Å². The second kappa shape index (κ2) is 6.96. The molecule has 0 radical (unpaired) electrons. The Morgan fingerprint density at radius 2 is 1.95 bits per heavy atom. The van der Waals surface area contributed by atoms with Gasteiger partial charge in [-0.1, -0.05) is 57.5 Å². The normalized spacial score (nSPS) is 26.8. The second-order valence-electron chi connectivity index (χ2n) is 7.96. The highest BCUT2D eigenvalue weighted by Gasteiger charge is 2.36. The lowest BCUT2D eigenvalue weighted by molar-refractivity contribution is 0.129. The molecule has 0 heterocycles. The van der Waals surface area contributed by atoms with Gasteiger partial charge in [0.2, 0.25) is 0 Å². The molecule has 118 valence electrons. The number of rotatable bonds is 4. The van der Waals surface area contributed by atoms with E-state index in [0.717, 1.165) is 24.3 Å². The van der Waals surface area contributed by atoms with Gasteiger partial charge in [0, 0.05) is 0 Å². The highest BCUT2D eigenvalue weighted by Crippen LogP contribution is 2.46. The number of aryl methyl sites for hydroxylation is 1. The van der Waals surface area contributed by atoms with E-state index in [1.807, 2.05) is 0 Å². The zero-order chi connectivity index (χ0) is 15.5. The molecular weight excluding hydrogens is 254 g/mol.